The summed E-state index contributed by atoms with van der Waals surface area (Å²) in [5.74, 6) is 2.59. The number of piperazine rings is 1. The Morgan fingerprint density at radius 2 is 1.65 bits per heavy atom. The molecule has 3 unspecified atom stereocenters. The maximum atomic E-state index is 12.5. The first-order valence-electron chi connectivity index (χ1n) is 9.07. The van der Waals surface area contributed by atoms with Crippen LogP contribution in [0.3, 0.4) is 0 Å². The maximum absolute atomic E-state index is 12.5. The van der Waals surface area contributed by atoms with Gasteiger partial charge in [0, 0.05) is 32.6 Å². The van der Waals surface area contributed by atoms with Crippen molar-refractivity contribution in [2.75, 3.05) is 26.2 Å². The van der Waals surface area contributed by atoms with Gasteiger partial charge in [0.15, 0.2) is 0 Å². The second-order valence-electron chi connectivity index (χ2n) is 8.49. The van der Waals surface area contributed by atoms with Crippen LogP contribution in [-0.2, 0) is 9.53 Å². The fraction of sp³-hybridized carbons (Fsp3) is 0.889. The molecule has 0 N–H and O–H groups in total. The van der Waals surface area contributed by atoms with Gasteiger partial charge < -0.3 is 14.5 Å². The summed E-state index contributed by atoms with van der Waals surface area (Å²) >= 11 is 0. The predicted octanol–water partition coefficient (Wildman–Crippen LogP) is 2.89. The molecule has 0 aromatic rings. The summed E-state index contributed by atoms with van der Waals surface area (Å²) in [6.07, 6.45) is 5.77. The lowest BCUT2D eigenvalue weighted by Crippen LogP contribution is -2.51. The van der Waals surface area contributed by atoms with Crippen LogP contribution in [0.5, 0.6) is 0 Å². The van der Waals surface area contributed by atoms with Gasteiger partial charge in [-0.1, -0.05) is 6.42 Å². The maximum Gasteiger partial charge on any atom is 0.410 e. The lowest BCUT2D eigenvalue weighted by Gasteiger charge is -2.36. The molecule has 0 spiro atoms. The smallest absolute Gasteiger partial charge is 0.410 e. The van der Waals surface area contributed by atoms with Crippen LogP contribution >= 0.6 is 0 Å². The van der Waals surface area contributed by atoms with Gasteiger partial charge in [-0.3, -0.25) is 4.79 Å². The molecule has 2 saturated carbocycles. The van der Waals surface area contributed by atoms with Crippen LogP contribution in [0.15, 0.2) is 0 Å². The molecule has 1 heterocycles. The highest BCUT2D eigenvalue weighted by atomic mass is 16.6. The summed E-state index contributed by atoms with van der Waals surface area (Å²) in [7, 11) is 0. The molecule has 2 bridgehead atoms. The standard InChI is InChI=1S/C18H30N2O3/c1-18(2,3)23-17(22)20-8-6-19(7-9-20)16(21)12-15-11-13-4-5-14(15)10-13/h13-15H,4-12H2,1-3H3. The Hall–Kier alpha value is -1.26. The largest absolute Gasteiger partial charge is 0.444 e. The number of rotatable bonds is 2. The van der Waals surface area contributed by atoms with Crippen LogP contribution in [0, 0.1) is 17.8 Å². The second kappa shape index (κ2) is 6.33. The molecule has 0 aromatic carbocycles. The number of carbonyl (C=O) groups excluding carboxylic acids is 2. The highest BCUT2D eigenvalue weighted by Gasteiger charge is 2.41. The monoisotopic (exact) mass is 322 g/mol. The van der Waals surface area contributed by atoms with Gasteiger partial charge in [0.1, 0.15) is 5.60 Å². The summed E-state index contributed by atoms with van der Waals surface area (Å²) in [4.78, 5) is 28.2. The van der Waals surface area contributed by atoms with Crippen LogP contribution in [-0.4, -0.2) is 53.6 Å². The number of nitrogens with zero attached hydrogens (tertiary/aromatic N) is 2. The van der Waals surface area contributed by atoms with Crippen molar-refractivity contribution < 1.29 is 14.3 Å². The molecule has 23 heavy (non-hydrogen) atoms. The van der Waals surface area contributed by atoms with Gasteiger partial charge in [0.05, 0.1) is 0 Å². The van der Waals surface area contributed by atoms with Gasteiger partial charge in [0.2, 0.25) is 5.91 Å². The zero-order chi connectivity index (χ0) is 16.6. The van der Waals surface area contributed by atoms with Crippen molar-refractivity contribution >= 4 is 12.0 Å². The Morgan fingerprint density at radius 1 is 1.00 bits per heavy atom. The third-order valence-corrected chi connectivity index (χ3v) is 5.61. The minimum absolute atomic E-state index is 0.266. The van der Waals surface area contributed by atoms with Gasteiger partial charge in [0.25, 0.3) is 0 Å². The Balaban J connectivity index is 1.43. The van der Waals surface area contributed by atoms with Crippen molar-refractivity contribution in [2.24, 2.45) is 17.8 Å². The van der Waals surface area contributed by atoms with Crippen LogP contribution < -0.4 is 0 Å². The molecule has 0 aromatic heterocycles. The Bertz CT molecular complexity index is 463. The van der Waals surface area contributed by atoms with Crippen molar-refractivity contribution in [1.29, 1.82) is 0 Å². The van der Waals surface area contributed by atoms with E-state index in [0.29, 0.717) is 38.5 Å². The fourth-order valence-electron chi connectivity index (χ4n) is 4.44. The van der Waals surface area contributed by atoms with E-state index in [2.05, 4.69) is 0 Å². The van der Waals surface area contributed by atoms with Crippen LogP contribution in [0.1, 0.15) is 52.9 Å². The fourth-order valence-corrected chi connectivity index (χ4v) is 4.44. The highest BCUT2D eigenvalue weighted by Crippen LogP contribution is 2.49. The van der Waals surface area contributed by atoms with E-state index in [-0.39, 0.29) is 12.0 Å². The van der Waals surface area contributed by atoms with Gasteiger partial charge >= 0.3 is 6.09 Å². The van der Waals surface area contributed by atoms with E-state index in [4.69, 9.17) is 4.74 Å². The first-order valence-corrected chi connectivity index (χ1v) is 9.07. The quantitative estimate of drug-likeness (QED) is 0.785. The number of carbonyl (C=O) groups is 2. The first kappa shape index (κ1) is 16.6. The summed E-state index contributed by atoms with van der Waals surface area (Å²) in [5.41, 5.74) is -0.466. The molecule has 0 radical (unpaired) electrons. The van der Waals surface area contributed by atoms with Crippen LogP contribution in [0.4, 0.5) is 4.79 Å². The molecule has 2 amide bonds. The Labute approximate surface area is 139 Å². The van der Waals surface area contributed by atoms with E-state index in [9.17, 15) is 9.59 Å². The van der Waals surface area contributed by atoms with E-state index in [1.807, 2.05) is 25.7 Å². The molecule has 3 rings (SSSR count). The van der Waals surface area contributed by atoms with Crippen LogP contribution in [0.25, 0.3) is 0 Å². The van der Waals surface area contributed by atoms with E-state index in [1.165, 1.54) is 25.7 Å². The number of fused-ring (bicyclic) bond motifs is 2. The molecule has 5 nitrogen and oxygen atoms in total. The van der Waals surface area contributed by atoms with E-state index in [1.54, 1.807) is 4.90 Å². The Kier molecular flexibility index (Phi) is 4.56. The molecule has 3 aliphatic rings. The van der Waals surface area contributed by atoms with Crippen LogP contribution in [0.2, 0.25) is 0 Å². The molecule has 5 heteroatoms. The Morgan fingerprint density at radius 3 is 2.17 bits per heavy atom. The van der Waals surface area contributed by atoms with Crippen molar-refractivity contribution in [3.8, 4) is 0 Å². The molecule has 2 aliphatic carbocycles. The van der Waals surface area contributed by atoms with E-state index < -0.39 is 5.60 Å². The predicted molar refractivity (Wildman–Crippen MR) is 87.9 cm³/mol. The van der Waals surface area contributed by atoms with Gasteiger partial charge in [-0.15, -0.1) is 0 Å². The number of hydrogen-bond acceptors (Lipinski definition) is 3. The second-order valence-corrected chi connectivity index (χ2v) is 8.49. The highest BCUT2D eigenvalue weighted by molar-refractivity contribution is 5.77. The first-order chi connectivity index (χ1) is 10.8. The number of amides is 2. The van der Waals surface area contributed by atoms with Crippen molar-refractivity contribution in [3.05, 3.63) is 0 Å². The third kappa shape index (κ3) is 3.99. The van der Waals surface area contributed by atoms with Crippen molar-refractivity contribution in [2.45, 2.75) is 58.5 Å². The lowest BCUT2D eigenvalue weighted by atomic mass is 9.86. The third-order valence-electron chi connectivity index (χ3n) is 5.61. The summed E-state index contributed by atoms with van der Waals surface area (Å²) in [6, 6.07) is 0. The molecule has 3 fully saturated rings. The normalized spacial score (nSPS) is 30.7. The van der Waals surface area contributed by atoms with Crippen molar-refractivity contribution in [1.82, 2.24) is 9.80 Å². The summed E-state index contributed by atoms with van der Waals surface area (Å²) < 4.78 is 5.40. The SMILES string of the molecule is CC(C)(C)OC(=O)N1CCN(C(=O)CC2CC3CCC2C3)CC1. The van der Waals surface area contributed by atoms with E-state index >= 15 is 0 Å². The minimum Gasteiger partial charge on any atom is -0.444 e. The minimum atomic E-state index is -0.466. The van der Waals surface area contributed by atoms with Crippen molar-refractivity contribution in [3.63, 3.8) is 0 Å². The topological polar surface area (TPSA) is 49.9 Å². The van der Waals surface area contributed by atoms with Gasteiger partial charge in [-0.2, -0.15) is 0 Å². The summed E-state index contributed by atoms with van der Waals surface area (Å²) in [6.45, 7) is 8.06. The number of ether oxygens (including phenoxy) is 1. The zero-order valence-electron chi connectivity index (χ0n) is 14.7. The molecule has 1 saturated heterocycles. The van der Waals surface area contributed by atoms with E-state index in [0.717, 1.165) is 11.8 Å². The zero-order valence-corrected chi connectivity index (χ0v) is 14.7. The molecule has 3 atom stereocenters. The molecular formula is C18H30N2O3. The molecular weight excluding hydrogens is 292 g/mol. The summed E-state index contributed by atoms with van der Waals surface area (Å²) in [5, 5.41) is 0. The average molecular weight is 322 g/mol. The lowest BCUT2D eigenvalue weighted by molar-refractivity contribution is -0.134. The average Bonchev–Trinajstić information content (AvgIpc) is 3.08. The molecule has 1 aliphatic heterocycles. The molecule has 130 valence electrons. The number of hydrogen-bond donors (Lipinski definition) is 0. The van der Waals surface area contributed by atoms with Gasteiger partial charge in [-0.25, -0.2) is 4.79 Å². The van der Waals surface area contributed by atoms with Gasteiger partial charge in [-0.05, 0) is 57.8 Å².